The number of fused-ring (bicyclic) bond motifs is 1. The minimum Gasteiger partial charge on any atom is -0.444 e. The molecule has 2 aliphatic heterocycles. The van der Waals surface area contributed by atoms with Gasteiger partial charge in [-0.05, 0) is 65.5 Å². The molecular formula is C38H48ClN5O7S. The molecule has 280 valence electrons. The third-order valence-corrected chi connectivity index (χ3v) is 12.7. The molecular weight excluding hydrogens is 706 g/mol. The number of carbonyl (C=O) groups excluding carboxylic acids is 4. The summed E-state index contributed by atoms with van der Waals surface area (Å²) in [7, 11) is -3.88. The van der Waals surface area contributed by atoms with Crippen LogP contribution >= 0.6 is 11.6 Å². The Morgan fingerprint density at radius 3 is 2.40 bits per heavy atom. The van der Waals surface area contributed by atoms with E-state index in [0.29, 0.717) is 24.4 Å². The maximum absolute atomic E-state index is 14.5. The van der Waals surface area contributed by atoms with Crippen LogP contribution in [-0.4, -0.2) is 77.6 Å². The van der Waals surface area contributed by atoms with Gasteiger partial charge in [0.15, 0.2) is 0 Å². The van der Waals surface area contributed by atoms with Crippen LogP contribution in [0.1, 0.15) is 77.0 Å². The number of hydrogen-bond acceptors (Lipinski definition) is 8. The predicted octanol–water partition coefficient (Wildman–Crippen LogP) is 4.87. The van der Waals surface area contributed by atoms with E-state index in [1.54, 1.807) is 6.07 Å². The van der Waals surface area contributed by atoms with E-state index >= 15 is 0 Å². The molecule has 2 heterocycles. The highest BCUT2D eigenvalue weighted by Gasteiger charge is 2.62. The lowest BCUT2D eigenvalue weighted by Crippen LogP contribution is -2.58. The molecule has 4 aliphatic rings. The van der Waals surface area contributed by atoms with Gasteiger partial charge in [-0.2, -0.15) is 0 Å². The highest BCUT2D eigenvalue weighted by molar-refractivity contribution is 7.91. The molecule has 3 N–H and O–H groups in total. The molecule has 2 saturated carbocycles. The fraction of sp³-hybridized carbons (Fsp3) is 0.526. The van der Waals surface area contributed by atoms with Gasteiger partial charge in [0.2, 0.25) is 21.8 Å². The average molecular weight is 754 g/mol. The predicted molar refractivity (Wildman–Crippen MR) is 198 cm³/mol. The third-order valence-electron chi connectivity index (χ3n) is 10.5. The second-order valence-electron chi connectivity index (χ2n) is 15.9. The maximum Gasteiger partial charge on any atom is 0.410 e. The molecule has 1 saturated heterocycles. The molecule has 4 amide bonds. The maximum atomic E-state index is 14.5. The molecule has 2 aromatic rings. The highest BCUT2D eigenvalue weighted by Crippen LogP contribution is 2.45. The molecule has 5 atom stereocenters. The van der Waals surface area contributed by atoms with Crippen LogP contribution in [0, 0.1) is 11.8 Å². The van der Waals surface area contributed by atoms with Crippen molar-refractivity contribution in [1.82, 2.24) is 19.8 Å². The number of rotatable bonds is 11. The van der Waals surface area contributed by atoms with Crippen LogP contribution in [0.4, 0.5) is 10.5 Å². The number of carbonyl (C=O) groups is 4. The van der Waals surface area contributed by atoms with Crippen molar-refractivity contribution in [2.45, 2.75) is 108 Å². The summed E-state index contributed by atoms with van der Waals surface area (Å²) >= 11 is 6.38. The fourth-order valence-electron chi connectivity index (χ4n) is 7.07. The van der Waals surface area contributed by atoms with Gasteiger partial charge in [0.05, 0.1) is 18.3 Å². The Bertz CT molecular complexity index is 1890. The Hall–Kier alpha value is -4.10. The van der Waals surface area contributed by atoms with Crippen LogP contribution in [0.15, 0.2) is 55.1 Å². The Labute approximate surface area is 310 Å². The van der Waals surface area contributed by atoms with Gasteiger partial charge >= 0.3 is 6.09 Å². The van der Waals surface area contributed by atoms with Crippen LogP contribution < -0.4 is 15.4 Å². The summed E-state index contributed by atoms with van der Waals surface area (Å²) < 4.78 is 33.5. The van der Waals surface area contributed by atoms with Crippen molar-refractivity contribution in [2.24, 2.45) is 11.8 Å². The zero-order valence-electron chi connectivity index (χ0n) is 30.3. The number of nitrogens with one attached hydrogen (secondary N) is 3. The number of likely N-dealkylation sites (tertiary alicyclic amines) is 1. The average Bonchev–Trinajstić information content (AvgIpc) is 3.97. The number of hydrogen-bond donors (Lipinski definition) is 3. The van der Waals surface area contributed by atoms with Gasteiger partial charge in [0, 0.05) is 29.6 Å². The smallest absolute Gasteiger partial charge is 0.410 e. The molecule has 14 heteroatoms. The summed E-state index contributed by atoms with van der Waals surface area (Å²) in [4.78, 5) is 58.6. The van der Waals surface area contributed by atoms with E-state index in [-0.39, 0.29) is 43.2 Å². The molecule has 0 unspecified atom stereocenters. The van der Waals surface area contributed by atoms with Crippen molar-refractivity contribution < 1.29 is 32.3 Å². The van der Waals surface area contributed by atoms with Gasteiger partial charge in [-0.3, -0.25) is 24.0 Å². The molecule has 12 nitrogen and oxygen atoms in total. The summed E-state index contributed by atoms with van der Waals surface area (Å²) in [5, 5.41) is 6.11. The standard InChI is InChI=1S/C38H48ClN5O7S/c1-7-24-18-38(24,35(47)42-52(49,50)28-14-15-28)41-33(45)31-17-27(51-36(48)43-19-23-10-8-13-30(39)29(23)21-43)20-44(31)34(46)32(22(2)3)40-26-12-9-11-25(16-26)37(4,5)6/h7-13,16,22,24,27-28,31-32,40H,1,14-15,17-21H2,2-6H3,(H,41,45)(H,42,47)/t24-,27-,31+,32+,38-/m1/s1. The van der Waals surface area contributed by atoms with Crippen molar-refractivity contribution >= 4 is 51.1 Å². The largest absolute Gasteiger partial charge is 0.444 e. The van der Waals surface area contributed by atoms with Gasteiger partial charge in [-0.25, -0.2) is 13.2 Å². The monoisotopic (exact) mass is 753 g/mol. The van der Waals surface area contributed by atoms with E-state index in [2.05, 4.69) is 42.7 Å². The number of nitrogens with zero attached hydrogens (tertiary/aromatic N) is 2. The van der Waals surface area contributed by atoms with E-state index in [0.717, 1.165) is 22.4 Å². The molecule has 6 rings (SSSR count). The lowest BCUT2D eigenvalue weighted by atomic mass is 9.87. The van der Waals surface area contributed by atoms with Crippen LogP contribution in [0.2, 0.25) is 5.02 Å². The molecule has 0 spiro atoms. The Morgan fingerprint density at radius 1 is 1.08 bits per heavy atom. The van der Waals surface area contributed by atoms with Crippen molar-refractivity contribution in [1.29, 1.82) is 0 Å². The highest BCUT2D eigenvalue weighted by atomic mass is 35.5. The van der Waals surface area contributed by atoms with E-state index in [9.17, 15) is 27.6 Å². The zero-order chi connectivity index (χ0) is 37.7. The molecule has 2 aliphatic carbocycles. The molecule has 2 aromatic carbocycles. The van der Waals surface area contributed by atoms with Crippen LogP contribution in [0.25, 0.3) is 0 Å². The first-order chi connectivity index (χ1) is 24.4. The first kappa shape index (κ1) is 37.7. The minimum absolute atomic E-state index is 0.0218. The lowest BCUT2D eigenvalue weighted by Gasteiger charge is -2.32. The van der Waals surface area contributed by atoms with Crippen molar-refractivity contribution in [2.75, 3.05) is 11.9 Å². The number of sulfonamides is 1. The van der Waals surface area contributed by atoms with Crippen LogP contribution in [0.3, 0.4) is 0 Å². The van der Waals surface area contributed by atoms with E-state index in [1.165, 1.54) is 15.9 Å². The normalized spacial score (nSPS) is 24.6. The van der Waals surface area contributed by atoms with Crippen LogP contribution in [-0.2, 0) is 47.6 Å². The van der Waals surface area contributed by atoms with Crippen molar-refractivity contribution in [3.8, 4) is 0 Å². The third kappa shape index (κ3) is 7.66. The second-order valence-corrected chi connectivity index (χ2v) is 18.2. The number of benzene rings is 2. The van der Waals surface area contributed by atoms with Gasteiger partial charge in [-0.1, -0.05) is 76.6 Å². The second kappa shape index (κ2) is 14.0. The van der Waals surface area contributed by atoms with E-state index in [4.69, 9.17) is 16.3 Å². The molecule has 52 heavy (non-hydrogen) atoms. The molecule has 0 bridgehead atoms. The summed E-state index contributed by atoms with van der Waals surface area (Å²) in [6.45, 7) is 14.4. The summed E-state index contributed by atoms with van der Waals surface area (Å²) in [6.07, 6.45) is 1.15. The SMILES string of the molecule is C=C[C@@H]1C[C@]1(NC(=O)[C@@H]1C[C@@H](OC(=O)N2Cc3cccc(Cl)c3C2)CN1C(=O)[C@@H](Nc1cccc(C(C)(C)C)c1)C(C)C)C(=O)NS(=O)(=O)C1CC1. The van der Waals surface area contributed by atoms with E-state index < -0.39 is 62.8 Å². The molecule has 0 aromatic heterocycles. The summed E-state index contributed by atoms with van der Waals surface area (Å²) in [5.74, 6) is -2.56. The fourth-order valence-corrected chi connectivity index (χ4v) is 8.69. The number of amides is 4. The Kier molecular flexibility index (Phi) is 10.2. The van der Waals surface area contributed by atoms with Gasteiger partial charge < -0.3 is 20.3 Å². The number of anilines is 1. The molecule has 3 fully saturated rings. The topological polar surface area (TPSA) is 154 Å². The summed E-state index contributed by atoms with van der Waals surface area (Å²) in [5.41, 5.74) is 1.93. The first-order valence-electron chi connectivity index (χ1n) is 17.8. The van der Waals surface area contributed by atoms with Gasteiger partial charge in [0.25, 0.3) is 5.91 Å². The van der Waals surface area contributed by atoms with Gasteiger partial charge in [-0.15, -0.1) is 6.58 Å². The zero-order valence-corrected chi connectivity index (χ0v) is 31.9. The van der Waals surface area contributed by atoms with Crippen molar-refractivity contribution in [3.63, 3.8) is 0 Å². The Morgan fingerprint density at radius 2 is 1.79 bits per heavy atom. The number of ether oxygens (including phenoxy) is 1. The molecule has 0 radical (unpaired) electrons. The lowest BCUT2D eigenvalue weighted by molar-refractivity contribution is -0.140. The minimum atomic E-state index is -3.88. The summed E-state index contributed by atoms with van der Waals surface area (Å²) in [6, 6.07) is 11.5. The Balaban J connectivity index is 1.24. The first-order valence-corrected chi connectivity index (χ1v) is 19.8. The van der Waals surface area contributed by atoms with Crippen LogP contribution in [0.5, 0.6) is 0 Å². The van der Waals surface area contributed by atoms with Gasteiger partial charge in [0.1, 0.15) is 23.7 Å². The van der Waals surface area contributed by atoms with Crippen molar-refractivity contribution in [3.05, 3.63) is 76.8 Å². The van der Waals surface area contributed by atoms with E-state index in [1.807, 2.05) is 50.2 Å². The quantitative estimate of drug-likeness (QED) is 0.275. The number of halogens is 1.